The highest BCUT2D eigenvalue weighted by molar-refractivity contribution is 5.87. The van der Waals surface area contributed by atoms with Gasteiger partial charge in [-0.25, -0.2) is 19.3 Å². The number of likely N-dealkylation sites (tertiary alicyclic amines) is 2. The Morgan fingerprint density at radius 2 is 1.93 bits per heavy atom. The molecule has 0 radical (unpaired) electrons. The van der Waals surface area contributed by atoms with E-state index in [-0.39, 0.29) is 31.4 Å². The lowest BCUT2D eigenvalue weighted by Crippen LogP contribution is -2.43. The minimum Gasteiger partial charge on any atom is -0.493 e. The number of aryl methyl sites for hydroxylation is 2. The van der Waals surface area contributed by atoms with Gasteiger partial charge in [0.15, 0.2) is 5.65 Å². The number of amides is 1. The van der Waals surface area contributed by atoms with Gasteiger partial charge in [-0.3, -0.25) is 9.69 Å². The third-order valence-electron chi connectivity index (χ3n) is 7.86. The summed E-state index contributed by atoms with van der Waals surface area (Å²) >= 11 is 0. The molecule has 0 N–H and O–H groups in total. The summed E-state index contributed by atoms with van der Waals surface area (Å²) in [6.07, 6.45) is -0.406. The molecule has 2 aliphatic rings. The number of aromatic nitrogens is 4. The van der Waals surface area contributed by atoms with Crippen LogP contribution in [0.5, 0.6) is 5.75 Å². The van der Waals surface area contributed by atoms with Crippen LogP contribution in [0.1, 0.15) is 44.0 Å². The lowest BCUT2D eigenvalue weighted by molar-refractivity contribution is -0.139. The Labute approximate surface area is 230 Å². The molecular weight excluding hydrogens is 528 g/mol. The van der Waals surface area contributed by atoms with E-state index in [4.69, 9.17) is 4.74 Å². The zero-order chi connectivity index (χ0) is 28.7. The molecule has 216 valence electrons. The Hall–Kier alpha value is -3.28. The summed E-state index contributed by atoms with van der Waals surface area (Å²) in [5, 5.41) is 0. The van der Waals surface area contributed by atoms with Gasteiger partial charge in [0.1, 0.15) is 28.5 Å². The number of imidazole rings is 1. The van der Waals surface area contributed by atoms with Crippen LogP contribution in [0.4, 0.5) is 17.6 Å². The van der Waals surface area contributed by atoms with Gasteiger partial charge < -0.3 is 14.2 Å². The molecule has 1 aromatic carbocycles. The van der Waals surface area contributed by atoms with E-state index >= 15 is 0 Å². The molecule has 1 amide bonds. The highest BCUT2D eigenvalue weighted by atomic mass is 19.4. The molecule has 0 spiro atoms. The van der Waals surface area contributed by atoms with E-state index in [1.807, 2.05) is 0 Å². The van der Waals surface area contributed by atoms with Gasteiger partial charge in [0.2, 0.25) is 5.91 Å². The lowest BCUT2D eigenvalue weighted by Gasteiger charge is -2.32. The summed E-state index contributed by atoms with van der Waals surface area (Å²) in [7, 11) is 1.77. The van der Waals surface area contributed by atoms with Crippen molar-refractivity contribution in [2.24, 2.45) is 13.0 Å². The maximum Gasteiger partial charge on any atom is 0.419 e. The first-order chi connectivity index (χ1) is 18.9. The molecular formula is C28H34F4N6O2. The molecule has 0 bridgehead atoms. The van der Waals surface area contributed by atoms with Gasteiger partial charge in [-0.2, -0.15) is 13.2 Å². The molecule has 1 unspecified atom stereocenters. The summed E-state index contributed by atoms with van der Waals surface area (Å²) in [5.74, 6) is 0.469. The molecule has 2 fully saturated rings. The van der Waals surface area contributed by atoms with Crippen molar-refractivity contribution in [2.75, 3.05) is 39.3 Å². The van der Waals surface area contributed by atoms with Crippen LogP contribution in [-0.4, -0.2) is 80.2 Å². The topological polar surface area (TPSA) is 76.4 Å². The minimum atomic E-state index is -4.61. The number of benzene rings is 1. The van der Waals surface area contributed by atoms with E-state index in [0.717, 1.165) is 32.0 Å². The van der Waals surface area contributed by atoms with Crippen molar-refractivity contribution < 1.29 is 27.1 Å². The largest absolute Gasteiger partial charge is 0.493 e. The molecule has 1 atom stereocenters. The summed E-state index contributed by atoms with van der Waals surface area (Å²) in [4.78, 5) is 29.2. The second-order valence-electron chi connectivity index (χ2n) is 11.2. The maximum absolute atomic E-state index is 14.1. The van der Waals surface area contributed by atoms with Crippen molar-refractivity contribution in [3.63, 3.8) is 0 Å². The maximum atomic E-state index is 14.1. The first-order valence-electron chi connectivity index (χ1n) is 13.6. The Bertz CT molecular complexity index is 1380. The van der Waals surface area contributed by atoms with Crippen LogP contribution >= 0.6 is 0 Å². The number of hydrogen-bond acceptors (Lipinski definition) is 6. The van der Waals surface area contributed by atoms with Crippen molar-refractivity contribution in [3.05, 3.63) is 35.9 Å². The molecule has 4 heterocycles. The predicted molar refractivity (Wildman–Crippen MR) is 141 cm³/mol. The average molecular weight is 563 g/mol. The van der Waals surface area contributed by atoms with E-state index in [1.165, 1.54) is 13.0 Å². The van der Waals surface area contributed by atoms with Crippen LogP contribution in [0.25, 0.3) is 22.4 Å². The van der Waals surface area contributed by atoms with Crippen LogP contribution < -0.4 is 4.74 Å². The smallest absolute Gasteiger partial charge is 0.419 e. The summed E-state index contributed by atoms with van der Waals surface area (Å²) in [5.41, 5.74) is -0.551. The van der Waals surface area contributed by atoms with E-state index in [9.17, 15) is 22.4 Å². The quantitative estimate of drug-likeness (QED) is 0.385. The highest BCUT2D eigenvalue weighted by Gasteiger charge is 2.37. The van der Waals surface area contributed by atoms with Gasteiger partial charge in [0, 0.05) is 25.6 Å². The summed E-state index contributed by atoms with van der Waals surface area (Å²) in [6, 6.07) is 3.98. The summed E-state index contributed by atoms with van der Waals surface area (Å²) in [6.45, 7) is 5.69. The number of hydrogen-bond donors (Lipinski definition) is 0. The third-order valence-corrected chi connectivity index (χ3v) is 7.86. The van der Waals surface area contributed by atoms with Crippen molar-refractivity contribution in [2.45, 2.75) is 51.4 Å². The van der Waals surface area contributed by atoms with Crippen LogP contribution in [0.3, 0.4) is 0 Å². The third kappa shape index (κ3) is 6.21. The first kappa shape index (κ1) is 28.3. The fourth-order valence-corrected chi connectivity index (χ4v) is 5.54. The number of halogens is 4. The standard InChI is InChI=1S/C28H34F4N6O2/c1-18-34-24(25-26(35-18)36(3)17-33-25)20-4-5-22(21(14-20)28(30,31)32)40-13-8-19-6-10-37(11-7-19)15-23(39)38-12-9-27(2,29)16-38/h4-5,14,17,19H,6-13,15-16H2,1-3H3. The van der Waals surface area contributed by atoms with Crippen molar-refractivity contribution in [1.82, 2.24) is 29.3 Å². The molecule has 12 heteroatoms. The van der Waals surface area contributed by atoms with Gasteiger partial charge in [-0.05, 0) is 70.3 Å². The molecule has 8 nitrogen and oxygen atoms in total. The number of rotatable bonds is 7. The van der Waals surface area contributed by atoms with Gasteiger partial charge >= 0.3 is 6.18 Å². The number of carbonyl (C=O) groups is 1. The monoisotopic (exact) mass is 562 g/mol. The van der Waals surface area contributed by atoms with E-state index in [1.54, 1.807) is 35.8 Å². The Morgan fingerprint density at radius 3 is 2.60 bits per heavy atom. The number of piperidine rings is 1. The van der Waals surface area contributed by atoms with E-state index < -0.39 is 17.4 Å². The number of fused-ring (bicyclic) bond motifs is 1. The molecule has 0 saturated carbocycles. The lowest BCUT2D eigenvalue weighted by atomic mass is 9.94. The van der Waals surface area contributed by atoms with Gasteiger partial charge in [-0.1, -0.05) is 0 Å². The van der Waals surface area contributed by atoms with Crippen LogP contribution in [-0.2, 0) is 18.0 Å². The number of ether oxygens (including phenoxy) is 1. The fraction of sp³-hybridized carbons (Fsp3) is 0.571. The zero-order valence-corrected chi connectivity index (χ0v) is 23.0. The molecule has 0 aliphatic carbocycles. The molecule has 40 heavy (non-hydrogen) atoms. The van der Waals surface area contributed by atoms with Crippen LogP contribution in [0.15, 0.2) is 24.5 Å². The molecule has 2 aromatic heterocycles. The minimum absolute atomic E-state index is 0.0489. The van der Waals surface area contributed by atoms with Crippen LogP contribution in [0, 0.1) is 12.8 Å². The van der Waals surface area contributed by atoms with Gasteiger partial charge in [-0.15, -0.1) is 0 Å². The van der Waals surface area contributed by atoms with Crippen molar-refractivity contribution >= 4 is 17.1 Å². The first-order valence-corrected chi connectivity index (χ1v) is 13.6. The number of nitrogens with zero attached hydrogens (tertiary/aromatic N) is 6. The molecule has 5 rings (SSSR count). The van der Waals surface area contributed by atoms with Crippen LogP contribution in [0.2, 0.25) is 0 Å². The number of alkyl halides is 4. The van der Waals surface area contributed by atoms with Crippen molar-refractivity contribution in [1.29, 1.82) is 0 Å². The normalized spacial score (nSPS) is 20.9. The second kappa shape index (κ2) is 10.9. The average Bonchev–Trinajstić information content (AvgIpc) is 3.45. The summed E-state index contributed by atoms with van der Waals surface area (Å²) < 4.78 is 63.5. The molecule has 3 aromatic rings. The highest BCUT2D eigenvalue weighted by Crippen LogP contribution is 2.39. The zero-order valence-electron chi connectivity index (χ0n) is 23.0. The van der Waals surface area contributed by atoms with Gasteiger partial charge in [0.05, 0.1) is 31.6 Å². The Balaban J connectivity index is 1.18. The Kier molecular flexibility index (Phi) is 7.73. The fourth-order valence-electron chi connectivity index (χ4n) is 5.54. The molecule has 2 aliphatic heterocycles. The second-order valence-corrected chi connectivity index (χ2v) is 11.2. The van der Waals surface area contributed by atoms with E-state index in [2.05, 4.69) is 19.9 Å². The van der Waals surface area contributed by atoms with E-state index in [0.29, 0.717) is 53.5 Å². The molecule has 2 saturated heterocycles. The Morgan fingerprint density at radius 1 is 1.18 bits per heavy atom. The predicted octanol–water partition coefficient (Wildman–Crippen LogP) is 4.80. The van der Waals surface area contributed by atoms with Crippen molar-refractivity contribution in [3.8, 4) is 17.0 Å². The van der Waals surface area contributed by atoms with Gasteiger partial charge in [0.25, 0.3) is 0 Å². The number of carbonyl (C=O) groups excluding carboxylic acids is 1. The SMILES string of the molecule is Cc1nc(-c2ccc(OCCC3CCN(CC(=O)N4CCC(C)(F)C4)CC3)c(C(F)(F)F)c2)c2ncn(C)c2n1.